The van der Waals surface area contributed by atoms with Gasteiger partial charge in [-0.25, -0.2) is 4.79 Å². The molecule has 0 radical (unpaired) electrons. The first-order chi connectivity index (χ1) is 15.1. The number of nitrogens with zero attached hydrogens (tertiary/aromatic N) is 2. The van der Waals surface area contributed by atoms with Crippen LogP contribution in [0.25, 0.3) is 0 Å². The maximum Gasteiger partial charge on any atom is 0.408 e. The third kappa shape index (κ3) is 5.41. The average Bonchev–Trinajstić information content (AvgIpc) is 2.76. The van der Waals surface area contributed by atoms with Crippen molar-refractivity contribution >= 4 is 23.6 Å². The van der Waals surface area contributed by atoms with Crippen LogP contribution >= 0.6 is 0 Å². The van der Waals surface area contributed by atoms with Gasteiger partial charge in [-0.1, -0.05) is 6.58 Å². The topological polar surface area (TPSA) is 88.2 Å². The van der Waals surface area contributed by atoms with Crippen molar-refractivity contribution in [3.05, 3.63) is 36.4 Å². The van der Waals surface area contributed by atoms with Crippen LogP contribution in [0.4, 0.5) is 10.5 Å². The van der Waals surface area contributed by atoms with E-state index in [2.05, 4.69) is 11.9 Å². The SMILES string of the molecule is C=CC(=O)N1CCCC(C(=O)N2CCC(NC(=O)OC(C)(C)C)c3cc(OC)ccc32)C1. The highest BCUT2D eigenvalue weighted by Crippen LogP contribution is 2.38. The standard InChI is InChI=1S/C24H33N3O5/c1-6-21(28)26-12-7-8-16(15-26)22(29)27-13-11-19(25-23(30)32-24(2,3)4)18-14-17(31-5)9-10-20(18)27/h6,9-10,14,16,19H,1,7-8,11-13,15H2,2-5H3,(H,25,30). The number of likely N-dealkylation sites (tertiary alicyclic amines) is 1. The van der Waals surface area contributed by atoms with E-state index in [1.807, 2.05) is 39.0 Å². The van der Waals surface area contributed by atoms with Crippen LogP contribution in [0, 0.1) is 5.92 Å². The van der Waals surface area contributed by atoms with E-state index in [9.17, 15) is 14.4 Å². The van der Waals surface area contributed by atoms with Crippen LogP contribution in [0.2, 0.25) is 0 Å². The minimum Gasteiger partial charge on any atom is -0.497 e. The normalized spacial score (nSPS) is 20.8. The number of rotatable bonds is 4. The Kier molecular flexibility index (Phi) is 7.11. The second kappa shape index (κ2) is 9.63. The van der Waals surface area contributed by atoms with E-state index in [4.69, 9.17) is 9.47 Å². The Hall–Kier alpha value is -3.03. The Balaban J connectivity index is 1.83. The van der Waals surface area contributed by atoms with Crippen LogP contribution in [0.5, 0.6) is 5.75 Å². The summed E-state index contributed by atoms with van der Waals surface area (Å²) in [6.07, 6.45) is 2.86. The molecule has 0 bridgehead atoms. The van der Waals surface area contributed by atoms with Gasteiger partial charge in [-0.3, -0.25) is 9.59 Å². The lowest BCUT2D eigenvalue weighted by molar-refractivity contribution is -0.131. The molecule has 2 aliphatic rings. The molecule has 3 amide bonds. The summed E-state index contributed by atoms with van der Waals surface area (Å²) in [4.78, 5) is 41.4. The molecule has 8 nitrogen and oxygen atoms in total. The van der Waals surface area contributed by atoms with Crippen molar-refractivity contribution in [3.63, 3.8) is 0 Å². The Labute approximate surface area is 189 Å². The molecule has 0 aliphatic carbocycles. The van der Waals surface area contributed by atoms with E-state index in [1.165, 1.54) is 6.08 Å². The van der Waals surface area contributed by atoms with Crippen LogP contribution in [0.3, 0.4) is 0 Å². The molecule has 1 aromatic rings. The quantitative estimate of drug-likeness (QED) is 0.721. The summed E-state index contributed by atoms with van der Waals surface area (Å²) in [6.45, 7) is 10.5. The van der Waals surface area contributed by atoms with Crippen LogP contribution in [-0.2, 0) is 14.3 Å². The first-order valence-electron chi connectivity index (χ1n) is 11.0. The molecule has 1 N–H and O–H groups in total. The zero-order chi connectivity index (χ0) is 23.5. The van der Waals surface area contributed by atoms with Crippen LogP contribution in [0.15, 0.2) is 30.9 Å². The molecule has 2 unspecified atom stereocenters. The van der Waals surface area contributed by atoms with Gasteiger partial charge in [-0.2, -0.15) is 0 Å². The van der Waals surface area contributed by atoms with Crippen molar-refractivity contribution in [2.24, 2.45) is 5.92 Å². The molecule has 8 heteroatoms. The van der Waals surface area contributed by atoms with Gasteiger partial charge in [0.15, 0.2) is 0 Å². The van der Waals surface area contributed by atoms with Gasteiger partial charge in [0, 0.05) is 30.9 Å². The van der Waals surface area contributed by atoms with Gasteiger partial charge < -0.3 is 24.6 Å². The summed E-state index contributed by atoms with van der Waals surface area (Å²) < 4.78 is 10.8. The van der Waals surface area contributed by atoms with Crippen molar-refractivity contribution in [1.29, 1.82) is 0 Å². The number of anilines is 1. The van der Waals surface area contributed by atoms with Crippen molar-refractivity contribution in [2.75, 3.05) is 31.6 Å². The fraction of sp³-hybridized carbons (Fsp3) is 0.542. The van der Waals surface area contributed by atoms with Crippen molar-refractivity contribution in [1.82, 2.24) is 10.2 Å². The van der Waals surface area contributed by atoms with Gasteiger partial charge in [0.05, 0.1) is 19.1 Å². The highest BCUT2D eigenvalue weighted by Gasteiger charge is 2.36. The van der Waals surface area contributed by atoms with E-state index in [1.54, 1.807) is 16.9 Å². The molecule has 1 fully saturated rings. The van der Waals surface area contributed by atoms with E-state index >= 15 is 0 Å². The molecule has 3 rings (SSSR count). The number of ether oxygens (including phenoxy) is 2. The van der Waals surface area contributed by atoms with Crippen LogP contribution < -0.4 is 15.0 Å². The van der Waals surface area contributed by atoms with Crippen molar-refractivity contribution in [3.8, 4) is 5.75 Å². The first-order valence-corrected chi connectivity index (χ1v) is 11.0. The molecule has 2 aliphatic heterocycles. The number of alkyl carbamates (subject to hydrolysis) is 1. The second-order valence-corrected chi connectivity index (χ2v) is 9.23. The third-order valence-corrected chi connectivity index (χ3v) is 5.76. The number of piperidine rings is 1. The van der Waals surface area contributed by atoms with Crippen LogP contribution in [-0.4, -0.2) is 55.2 Å². The number of nitrogens with one attached hydrogen (secondary N) is 1. The summed E-state index contributed by atoms with van der Waals surface area (Å²) in [5.41, 5.74) is 0.952. The third-order valence-electron chi connectivity index (χ3n) is 5.76. The molecule has 0 saturated carbocycles. The van der Waals surface area contributed by atoms with Gasteiger partial charge in [0.2, 0.25) is 11.8 Å². The number of amides is 3. The highest BCUT2D eigenvalue weighted by atomic mass is 16.6. The fourth-order valence-corrected chi connectivity index (χ4v) is 4.28. The molecule has 0 aromatic heterocycles. The molecule has 0 spiro atoms. The van der Waals surface area contributed by atoms with E-state index in [0.29, 0.717) is 31.8 Å². The fourth-order valence-electron chi connectivity index (χ4n) is 4.28. The van der Waals surface area contributed by atoms with Gasteiger partial charge in [-0.15, -0.1) is 0 Å². The largest absolute Gasteiger partial charge is 0.497 e. The highest BCUT2D eigenvalue weighted by molar-refractivity contribution is 5.97. The summed E-state index contributed by atoms with van der Waals surface area (Å²) in [5, 5.41) is 2.93. The number of carbonyl (C=O) groups excluding carboxylic acids is 3. The predicted octanol–water partition coefficient (Wildman–Crippen LogP) is 3.42. The molecule has 32 heavy (non-hydrogen) atoms. The summed E-state index contributed by atoms with van der Waals surface area (Å²) in [5.74, 6) is 0.231. The number of fused-ring (bicyclic) bond motifs is 1. The van der Waals surface area contributed by atoms with Crippen LogP contribution in [0.1, 0.15) is 51.6 Å². The Morgan fingerprint density at radius 1 is 1.19 bits per heavy atom. The molecule has 1 saturated heterocycles. The number of hydrogen-bond donors (Lipinski definition) is 1. The molecule has 2 heterocycles. The lowest BCUT2D eigenvalue weighted by atomic mass is 9.92. The smallest absolute Gasteiger partial charge is 0.408 e. The lowest BCUT2D eigenvalue weighted by Crippen LogP contribution is -2.49. The summed E-state index contributed by atoms with van der Waals surface area (Å²) in [7, 11) is 1.58. The Bertz CT molecular complexity index is 892. The Morgan fingerprint density at radius 2 is 1.94 bits per heavy atom. The number of methoxy groups -OCH3 is 1. The Morgan fingerprint density at radius 3 is 2.59 bits per heavy atom. The predicted molar refractivity (Wildman–Crippen MR) is 122 cm³/mol. The maximum absolute atomic E-state index is 13.5. The van der Waals surface area contributed by atoms with Gasteiger partial charge >= 0.3 is 6.09 Å². The molecule has 1 aromatic carbocycles. The van der Waals surface area contributed by atoms with Gasteiger partial charge in [0.25, 0.3) is 0 Å². The van der Waals surface area contributed by atoms with Gasteiger partial charge in [0.1, 0.15) is 11.4 Å². The zero-order valence-electron chi connectivity index (χ0n) is 19.3. The minimum atomic E-state index is -0.603. The van der Waals surface area contributed by atoms with Crippen molar-refractivity contribution < 1.29 is 23.9 Å². The first kappa shape index (κ1) is 23.6. The summed E-state index contributed by atoms with van der Waals surface area (Å²) in [6, 6.07) is 5.21. The average molecular weight is 444 g/mol. The minimum absolute atomic E-state index is 0.00584. The molecule has 2 atom stereocenters. The van der Waals surface area contributed by atoms with E-state index in [0.717, 1.165) is 24.1 Å². The van der Waals surface area contributed by atoms with E-state index in [-0.39, 0.29) is 23.8 Å². The molecule has 174 valence electrons. The number of benzene rings is 1. The monoisotopic (exact) mass is 443 g/mol. The van der Waals surface area contributed by atoms with Crippen molar-refractivity contribution in [2.45, 2.75) is 51.7 Å². The maximum atomic E-state index is 13.5. The number of carbonyl (C=O) groups is 3. The lowest BCUT2D eigenvalue weighted by Gasteiger charge is -2.39. The van der Waals surface area contributed by atoms with Gasteiger partial charge in [-0.05, 0) is 64.3 Å². The van der Waals surface area contributed by atoms with E-state index < -0.39 is 11.7 Å². The molecular formula is C24H33N3O5. The summed E-state index contributed by atoms with van der Waals surface area (Å²) >= 11 is 0. The number of hydrogen-bond acceptors (Lipinski definition) is 5. The second-order valence-electron chi connectivity index (χ2n) is 9.23. The molecular weight excluding hydrogens is 410 g/mol. The zero-order valence-corrected chi connectivity index (χ0v) is 19.3.